The lowest BCUT2D eigenvalue weighted by Crippen LogP contribution is -2.32. The molecule has 7 nitrogen and oxygen atoms in total. The van der Waals surface area contributed by atoms with Crippen LogP contribution in [0.3, 0.4) is 0 Å². The van der Waals surface area contributed by atoms with Gasteiger partial charge in [0.05, 0.1) is 5.57 Å². The lowest BCUT2D eigenvalue weighted by molar-refractivity contribution is -0.146. The van der Waals surface area contributed by atoms with Crippen LogP contribution in [0.4, 0.5) is 5.95 Å². The van der Waals surface area contributed by atoms with Crippen LogP contribution in [-0.2, 0) is 16.1 Å². The molecular weight excluding hydrogens is 487 g/mol. The second-order valence-electron chi connectivity index (χ2n) is 8.86. The van der Waals surface area contributed by atoms with Crippen molar-refractivity contribution in [2.45, 2.75) is 57.8 Å². The van der Waals surface area contributed by atoms with Gasteiger partial charge >= 0.3 is 5.97 Å². The minimum Gasteiger partial charge on any atom is -0.489 e. The number of ether oxygens (including phenoxy) is 2. The molecule has 1 N–H and O–H groups in total. The summed E-state index contributed by atoms with van der Waals surface area (Å²) >= 11 is 12.3. The third-order valence-corrected chi connectivity index (χ3v) is 7.01. The molecule has 0 radical (unpaired) electrons. The molecule has 0 spiro atoms. The average Bonchev–Trinajstić information content (AvgIpc) is 3.31. The Morgan fingerprint density at radius 1 is 1.14 bits per heavy atom. The molecule has 1 unspecified atom stereocenters. The fourth-order valence-corrected chi connectivity index (χ4v) is 5.10. The first kappa shape index (κ1) is 23.7. The third kappa shape index (κ3) is 5.16. The molecule has 2 heterocycles. The SMILES string of the molecule is CC1=C(C(=O)OC2CCCCC2)C(c2cccc(OCc3ccc(Cl)cc3Cl)c2)n2ncnc2N1. The topological polar surface area (TPSA) is 78.3 Å². The van der Waals surface area contributed by atoms with Gasteiger partial charge in [-0.25, -0.2) is 9.48 Å². The quantitative estimate of drug-likeness (QED) is 0.388. The van der Waals surface area contributed by atoms with E-state index in [0.717, 1.165) is 36.8 Å². The van der Waals surface area contributed by atoms with Crippen molar-refractivity contribution in [3.63, 3.8) is 0 Å². The molecule has 0 saturated heterocycles. The Balaban J connectivity index is 1.42. The second kappa shape index (κ2) is 10.3. The van der Waals surface area contributed by atoms with Gasteiger partial charge in [0.2, 0.25) is 5.95 Å². The largest absolute Gasteiger partial charge is 0.489 e. The van der Waals surface area contributed by atoms with E-state index >= 15 is 0 Å². The number of rotatable bonds is 6. The number of benzene rings is 2. The highest BCUT2D eigenvalue weighted by Gasteiger charge is 2.35. The Morgan fingerprint density at radius 2 is 1.97 bits per heavy atom. The van der Waals surface area contributed by atoms with Gasteiger partial charge in [-0.3, -0.25) is 0 Å². The molecular formula is C26H26Cl2N4O3. The van der Waals surface area contributed by atoms with Gasteiger partial charge in [-0.15, -0.1) is 0 Å². The van der Waals surface area contributed by atoms with E-state index in [1.165, 1.54) is 12.7 Å². The summed E-state index contributed by atoms with van der Waals surface area (Å²) in [6.07, 6.45) is 6.59. The van der Waals surface area contributed by atoms with E-state index in [2.05, 4.69) is 15.4 Å². The van der Waals surface area contributed by atoms with Crippen LogP contribution in [0.15, 0.2) is 60.1 Å². The molecule has 5 rings (SSSR count). The van der Waals surface area contributed by atoms with E-state index in [4.69, 9.17) is 32.7 Å². The van der Waals surface area contributed by atoms with Crippen molar-refractivity contribution in [1.29, 1.82) is 0 Å². The van der Waals surface area contributed by atoms with Gasteiger partial charge in [0, 0.05) is 21.3 Å². The summed E-state index contributed by atoms with van der Waals surface area (Å²) in [5.41, 5.74) is 2.89. The van der Waals surface area contributed by atoms with E-state index < -0.39 is 6.04 Å². The highest BCUT2D eigenvalue weighted by Crippen LogP contribution is 2.37. The zero-order valence-corrected chi connectivity index (χ0v) is 20.9. The van der Waals surface area contributed by atoms with Crippen LogP contribution in [0.2, 0.25) is 10.0 Å². The molecule has 2 aromatic carbocycles. The maximum Gasteiger partial charge on any atom is 0.338 e. The minimum absolute atomic E-state index is 0.0480. The Hall–Kier alpha value is -3.03. The van der Waals surface area contributed by atoms with E-state index in [9.17, 15) is 4.79 Å². The number of nitrogens with one attached hydrogen (secondary N) is 1. The summed E-state index contributed by atoms with van der Waals surface area (Å²) in [5.74, 6) is 0.889. The van der Waals surface area contributed by atoms with Crippen LogP contribution in [0, 0.1) is 0 Å². The van der Waals surface area contributed by atoms with Gasteiger partial charge in [0.1, 0.15) is 30.8 Å². The van der Waals surface area contributed by atoms with Crippen molar-refractivity contribution >= 4 is 35.1 Å². The first-order valence-corrected chi connectivity index (χ1v) is 12.5. The zero-order chi connectivity index (χ0) is 24.4. The number of nitrogens with zero attached hydrogens (tertiary/aromatic N) is 3. The minimum atomic E-state index is -0.493. The van der Waals surface area contributed by atoms with Crippen molar-refractivity contribution in [3.05, 3.63) is 81.2 Å². The first-order chi connectivity index (χ1) is 17.0. The highest BCUT2D eigenvalue weighted by molar-refractivity contribution is 6.35. The van der Waals surface area contributed by atoms with E-state index in [1.807, 2.05) is 37.3 Å². The zero-order valence-electron chi connectivity index (χ0n) is 19.3. The van der Waals surface area contributed by atoms with E-state index in [-0.39, 0.29) is 18.7 Å². The van der Waals surface area contributed by atoms with Gasteiger partial charge < -0.3 is 14.8 Å². The van der Waals surface area contributed by atoms with Crippen LogP contribution in [0.25, 0.3) is 0 Å². The summed E-state index contributed by atoms with van der Waals surface area (Å²) in [5, 5.41) is 8.71. The molecule has 2 aliphatic rings. The number of aromatic nitrogens is 3. The van der Waals surface area contributed by atoms with Crippen LogP contribution >= 0.6 is 23.2 Å². The van der Waals surface area contributed by atoms with E-state index in [0.29, 0.717) is 33.0 Å². The average molecular weight is 513 g/mol. The Labute approximate surface area is 214 Å². The van der Waals surface area contributed by atoms with Crippen molar-refractivity contribution in [1.82, 2.24) is 14.8 Å². The molecule has 35 heavy (non-hydrogen) atoms. The van der Waals surface area contributed by atoms with Crippen LogP contribution in [0.5, 0.6) is 5.75 Å². The van der Waals surface area contributed by atoms with Gasteiger partial charge in [-0.05, 0) is 62.4 Å². The van der Waals surface area contributed by atoms with Gasteiger partial charge in [0.15, 0.2) is 0 Å². The number of halogens is 2. The predicted octanol–water partition coefficient (Wildman–Crippen LogP) is 6.33. The number of esters is 1. The Kier molecular flexibility index (Phi) is 6.97. The molecule has 1 atom stereocenters. The van der Waals surface area contributed by atoms with Crippen LogP contribution in [-0.4, -0.2) is 26.8 Å². The van der Waals surface area contributed by atoms with Gasteiger partial charge in [-0.1, -0.05) is 47.8 Å². The van der Waals surface area contributed by atoms with Crippen molar-refractivity contribution in [2.75, 3.05) is 5.32 Å². The number of hydrogen-bond acceptors (Lipinski definition) is 6. The fraction of sp³-hybridized carbons (Fsp3) is 0.346. The Bertz CT molecular complexity index is 1270. The molecule has 3 aromatic rings. The van der Waals surface area contributed by atoms with Crippen LogP contribution in [0.1, 0.15) is 56.2 Å². The summed E-state index contributed by atoms with van der Waals surface area (Å²) in [6.45, 7) is 2.15. The molecule has 1 saturated carbocycles. The van der Waals surface area contributed by atoms with Crippen molar-refractivity contribution in [2.24, 2.45) is 0 Å². The third-order valence-electron chi connectivity index (χ3n) is 6.42. The maximum atomic E-state index is 13.4. The number of hydrogen-bond donors (Lipinski definition) is 1. The summed E-state index contributed by atoms with van der Waals surface area (Å²) < 4.78 is 13.7. The fourth-order valence-electron chi connectivity index (χ4n) is 4.64. The standard InChI is InChI=1S/C26H26Cl2N4O3/c1-16-23(25(33)35-20-7-3-2-4-8-20)24(32-26(31-16)29-15-30-32)17-6-5-9-21(12-17)34-14-18-10-11-19(27)13-22(18)28/h5-6,9-13,15,20,24H,2-4,7-8,14H2,1H3,(H,29,30,31). The van der Waals surface area contributed by atoms with Crippen LogP contribution < -0.4 is 10.1 Å². The smallest absolute Gasteiger partial charge is 0.338 e. The predicted molar refractivity (Wildman–Crippen MR) is 135 cm³/mol. The van der Waals surface area contributed by atoms with Crippen molar-refractivity contribution < 1.29 is 14.3 Å². The molecule has 0 bridgehead atoms. The normalized spacial score (nSPS) is 18.1. The number of allylic oxidation sites excluding steroid dienone is 1. The van der Waals surface area contributed by atoms with Crippen molar-refractivity contribution in [3.8, 4) is 5.75 Å². The summed E-state index contributed by atoms with van der Waals surface area (Å²) in [7, 11) is 0. The molecule has 1 fully saturated rings. The molecule has 182 valence electrons. The summed E-state index contributed by atoms with van der Waals surface area (Å²) in [6, 6.07) is 12.4. The molecule has 9 heteroatoms. The van der Waals surface area contributed by atoms with Gasteiger partial charge in [-0.2, -0.15) is 10.1 Å². The van der Waals surface area contributed by atoms with Gasteiger partial charge in [0.25, 0.3) is 0 Å². The lowest BCUT2D eigenvalue weighted by Gasteiger charge is -2.30. The maximum absolute atomic E-state index is 13.4. The molecule has 1 aromatic heterocycles. The summed E-state index contributed by atoms with van der Waals surface area (Å²) in [4.78, 5) is 17.7. The molecule has 1 aliphatic heterocycles. The number of carbonyl (C=O) groups is 1. The molecule has 1 aliphatic carbocycles. The Morgan fingerprint density at radius 3 is 2.77 bits per heavy atom. The monoisotopic (exact) mass is 512 g/mol. The second-order valence-corrected chi connectivity index (χ2v) is 9.70. The lowest BCUT2D eigenvalue weighted by atomic mass is 9.94. The highest BCUT2D eigenvalue weighted by atomic mass is 35.5. The van der Waals surface area contributed by atoms with E-state index in [1.54, 1.807) is 16.8 Å². The first-order valence-electron chi connectivity index (χ1n) is 11.7. The number of carbonyl (C=O) groups excluding carboxylic acids is 1. The molecule has 0 amide bonds. The number of fused-ring (bicyclic) bond motifs is 1. The number of anilines is 1.